The van der Waals surface area contributed by atoms with Crippen LogP contribution in [0.4, 0.5) is 0 Å². The van der Waals surface area contributed by atoms with Gasteiger partial charge in [-0.15, -0.1) is 0 Å². The number of aromatic nitrogens is 2. The van der Waals surface area contributed by atoms with Gasteiger partial charge in [0, 0.05) is 18.3 Å². The van der Waals surface area contributed by atoms with E-state index in [-0.39, 0.29) is 11.9 Å². The number of hydrogen-bond acceptors (Lipinski definition) is 3. The number of rotatable bonds is 5. The summed E-state index contributed by atoms with van der Waals surface area (Å²) in [7, 11) is 0. The number of nitrogens with one attached hydrogen (secondary N) is 1. The van der Waals surface area contributed by atoms with E-state index in [0.29, 0.717) is 12.1 Å². The molecule has 3 N–H and O–H groups in total. The molecule has 24 heavy (non-hydrogen) atoms. The molecule has 0 saturated heterocycles. The molecule has 0 aliphatic heterocycles. The van der Waals surface area contributed by atoms with Gasteiger partial charge in [0.25, 0.3) is 5.91 Å². The first-order chi connectivity index (χ1) is 11.7. The predicted molar refractivity (Wildman–Crippen MR) is 93.8 cm³/mol. The van der Waals surface area contributed by atoms with E-state index >= 15 is 0 Å². The maximum Gasteiger partial charge on any atom is 0.253 e. The van der Waals surface area contributed by atoms with E-state index in [0.717, 1.165) is 16.8 Å². The summed E-state index contributed by atoms with van der Waals surface area (Å²) in [6.45, 7) is 2.38. The zero-order valence-corrected chi connectivity index (χ0v) is 13.5. The van der Waals surface area contributed by atoms with Gasteiger partial charge in [0.1, 0.15) is 0 Å². The Morgan fingerprint density at radius 1 is 1.17 bits per heavy atom. The van der Waals surface area contributed by atoms with Gasteiger partial charge < -0.3 is 11.1 Å². The number of carbonyl (C=O) groups is 1. The number of amides is 1. The molecule has 5 heteroatoms. The molecule has 122 valence electrons. The Morgan fingerprint density at radius 3 is 2.58 bits per heavy atom. The van der Waals surface area contributed by atoms with Crippen molar-refractivity contribution in [3.05, 3.63) is 83.7 Å². The zero-order chi connectivity index (χ0) is 16.9. The number of hydrogen-bond donors (Lipinski definition) is 2. The molecule has 3 aromatic rings. The summed E-state index contributed by atoms with van der Waals surface area (Å²) < 4.78 is 1.68. The van der Waals surface area contributed by atoms with Crippen LogP contribution in [-0.2, 0) is 6.54 Å². The number of para-hydroxylation sites is 1. The maximum atomic E-state index is 12.7. The summed E-state index contributed by atoms with van der Waals surface area (Å²) in [4.78, 5) is 12.7. The number of benzene rings is 2. The van der Waals surface area contributed by atoms with Crippen molar-refractivity contribution < 1.29 is 4.79 Å². The third kappa shape index (κ3) is 3.36. The van der Waals surface area contributed by atoms with Gasteiger partial charge in [0.05, 0.1) is 23.5 Å². The molecule has 3 rings (SSSR count). The molecule has 0 fully saturated rings. The lowest BCUT2D eigenvalue weighted by Gasteiger charge is -2.16. The van der Waals surface area contributed by atoms with Gasteiger partial charge in [-0.1, -0.05) is 42.5 Å². The lowest BCUT2D eigenvalue weighted by atomic mass is 10.1. The van der Waals surface area contributed by atoms with E-state index in [1.807, 2.05) is 61.7 Å². The monoisotopic (exact) mass is 320 g/mol. The van der Waals surface area contributed by atoms with Crippen molar-refractivity contribution in [3.8, 4) is 5.69 Å². The second-order valence-corrected chi connectivity index (χ2v) is 5.62. The van der Waals surface area contributed by atoms with Crippen LogP contribution >= 0.6 is 0 Å². The largest absolute Gasteiger partial charge is 0.345 e. The first-order valence-corrected chi connectivity index (χ1v) is 7.88. The van der Waals surface area contributed by atoms with Crippen LogP contribution in [-0.4, -0.2) is 15.7 Å². The Kier molecular flexibility index (Phi) is 4.72. The smallest absolute Gasteiger partial charge is 0.253 e. The lowest BCUT2D eigenvalue weighted by Crippen LogP contribution is -2.27. The summed E-state index contributed by atoms with van der Waals surface area (Å²) in [5.41, 5.74) is 8.93. The molecule has 1 atom stereocenters. The van der Waals surface area contributed by atoms with Crippen molar-refractivity contribution in [1.82, 2.24) is 15.1 Å². The molecule has 0 radical (unpaired) electrons. The highest BCUT2D eigenvalue weighted by molar-refractivity contribution is 5.97. The second kappa shape index (κ2) is 7.10. The van der Waals surface area contributed by atoms with Crippen LogP contribution in [0.3, 0.4) is 0 Å². The Balaban J connectivity index is 1.85. The fourth-order valence-electron chi connectivity index (χ4n) is 2.56. The topological polar surface area (TPSA) is 72.9 Å². The fraction of sp³-hybridized carbons (Fsp3) is 0.158. The number of nitrogens with two attached hydrogens (primary N) is 1. The van der Waals surface area contributed by atoms with E-state index in [1.54, 1.807) is 16.9 Å². The first-order valence-electron chi connectivity index (χ1n) is 7.88. The van der Waals surface area contributed by atoms with Crippen molar-refractivity contribution in [3.63, 3.8) is 0 Å². The van der Waals surface area contributed by atoms with Crippen LogP contribution in [0.2, 0.25) is 0 Å². The third-order valence-electron chi connectivity index (χ3n) is 3.91. The molecule has 2 aromatic carbocycles. The molecule has 0 aliphatic carbocycles. The van der Waals surface area contributed by atoms with Crippen molar-refractivity contribution in [2.24, 2.45) is 5.73 Å². The van der Waals surface area contributed by atoms with Gasteiger partial charge in [0.15, 0.2) is 0 Å². The Hall–Kier alpha value is -2.92. The molecule has 0 unspecified atom stereocenters. The molecule has 0 spiro atoms. The minimum atomic E-state index is -0.133. The van der Waals surface area contributed by atoms with Crippen LogP contribution in [0.15, 0.2) is 67.0 Å². The number of carbonyl (C=O) groups excluding carboxylic acids is 1. The van der Waals surface area contributed by atoms with Crippen molar-refractivity contribution >= 4 is 5.91 Å². The minimum Gasteiger partial charge on any atom is -0.345 e. The van der Waals surface area contributed by atoms with Crippen LogP contribution in [0.1, 0.15) is 34.5 Å². The van der Waals surface area contributed by atoms with Gasteiger partial charge in [-0.25, -0.2) is 4.68 Å². The Morgan fingerprint density at radius 2 is 1.88 bits per heavy atom. The highest BCUT2D eigenvalue weighted by atomic mass is 16.1. The summed E-state index contributed by atoms with van der Waals surface area (Å²) in [6.07, 6.45) is 3.55. The highest BCUT2D eigenvalue weighted by Gasteiger charge is 2.16. The summed E-state index contributed by atoms with van der Waals surface area (Å²) in [6, 6.07) is 17.2. The Bertz CT molecular complexity index is 826. The lowest BCUT2D eigenvalue weighted by molar-refractivity contribution is 0.0939. The van der Waals surface area contributed by atoms with Crippen molar-refractivity contribution in [1.29, 1.82) is 0 Å². The number of nitrogens with zero attached hydrogens (tertiary/aromatic N) is 2. The molecular weight excluding hydrogens is 300 g/mol. The predicted octanol–water partition coefficient (Wildman–Crippen LogP) is 2.82. The van der Waals surface area contributed by atoms with Crippen molar-refractivity contribution in [2.75, 3.05) is 0 Å². The summed E-state index contributed by atoms with van der Waals surface area (Å²) in [5.74, 6) is -0.133. The maximum absolute atomic E-state index is 12.7. The van der Waals surface area contributed by atoms with Crippen LogP contribution in [0.5, 0.6) is 0 Å². The van der Waals surface area contributed by atoms with E-state index in [2.05, 4.69) is 10.4 Å². The second-order valence-electron chi connectivity index (χ2n) is 5.62. The van der Waals surface area contributed by atoms with Gasteiger partial charge in [-0.3, -0.25) is 4.79 Å². The van der Waals surface area contributed by atoms with Gasteiger partial charge >= 0.3 is 0 Å². The zero-order valence-electron chi connectivity index (χ0n) is 13.5. The average Bonchev–Trinajstić information content (AvgIpc) is 3.11. The molecule has 0 aliphatic rings. The SMILES string of the molecule is C[C@@H](NC(=O)c1ccccc1-n1cc(CN)cn1)c1ccccc1. The fourth-order valence-corrected chi connectivity index (χ4v) is 2.56. The minimum absolute atomic E-state index is 0.0796. The molecule has 0 saturated carbocycles. The van der Waals surface area contributed by atoms with E-state index in [4.69, 9.17) is 5.73 Å². The molecular formula is C19H20N4O. The molecule has 1 heterocycles. The van der Waals surface area contributed by atoms with Gasteiger partial charge in [-0.2, -0.15) is 5.10 Å². The first kappa shape index (κ1) is 16.0. The molecule has 1 amide bonds. The van der Waals surface area contributed by atoms with E-state index < -0.39 is 0 Å². The van der Waals surface area contributed by atoms with Crippen LogP contribution in [0.25, 0.3) is 5.69 Å². The van der Waals surface area contributed by atoms with E-state index in [1.165, 1.54) is 0 Å². The van der Waals surface area contributed by atoms with E-state index in [9.17, 15) is 4.79 Å². The molecule has 1 aromatic heterocycles. The summed E-state index contributed by atoms with van der Waals surface area (Å²) >= 11 is 0. The third-order valence-corrected chi connectivity index (χ3v) is 3.91. The highest BCUT2D eigenvalue weighted by Crippen LogP contribution is 2.17. The van der Waals surface area contributed by atoms with Gasteiger partial charge in [-0.05, 0) is 24.6 Å². The van der Waals surface area contributed by atoms with Crippen molar-refractivity contribution in [2.45, 2.75) is 19.5 Å². The quantitative estimate of drug-likeness (QED) is 0.759. The van der Waals surface area contributed by atoms with Gasteiger partial charge in [0.2, 0.25) is 0 Å². The Labute approximate surface area is 141 Å². The standard InChI is InChI=1S/C19H20N4O/c1-14(16-7-3-2-4-8-16)22-19(24)17-9-5-6-10-18(17)23-13-15(11-20)12-21-23/h2-10,12-14H,11,20H2,1H3,(H,22,24)/t14-/m1/s1. The average molecular weight is 320 g/mol. The summed E-state index contributed by atoms with van der Waals surface area (Å²) in [5, 5.41) is 7.33. The molecule has 5 nitrogen and oxygen atoms in total. The van der Waals surface area contributed by atoms with Crippen LogP contribution < -0.4 is 11.1 Å². The van der Waals surface area contributed by atoms with Crippen LogP contribution in [0, 0.1) is 0 Å². The molecule has 0 bridgehead atoms. The normalized spacial score (nSPS) is 11.9.